The Balaban J connectivity index is 1.96. The topological polar surface area (TPSA) is 62.2 Å². The lowest BCUT2D eigenvalue weighted by molar-refractivity contribution is -0.138. The molecule has 1 aromatic rings. The molecule has 0 bridgehead atoms. The monoisotopic (exact) mass is 294 g/mol. The zero-order chi connectivity index (χ0) is 15.2. The van der Waals surface area contributed by atoms with E-state index in [9.17, 15) is 4.79 Å². The van der Waals surface area contributed by atoms with Crippen LogP contribution in [0.15, 0.2) is 18.2 Å². The molecule has 2 rings (SSSR count). The number of benzene rings is 1. The molecular weight excluding hydrogens is 272 g/mol. The van der Waals surface area contributed by atoms with Gasteiger partial charge in [-0.25, -0.2) is 0 Å². The van der Waals surface area contributed by atoms with Crippen molar-refractivity contribution >= 4 is 5.97 Å². The van der Waals surface area contributed by atoms with Gasteiger partial charge >= 0.3 is 5.97 Å². The molecule has 1 fully saturated rings. The summed E-state index contributed by atoms with van der Waals surface area (Å²) in [5, 5.41) is 8.81. The lowest BCUT2D eigenvalue weighted by atomic mass is 10.1. The minimum absolute atomic E-state index is 0.121. The van der Waals surface area contributed by atoms with Gasteiger partial charge in [-0.1, -0.05) is 12.1 Å². The number of aliphatic carboxylic acids is 1. The van der Waals surface area contributed by atoms with Gasteiger partial charge in [0.05, 0.1) is 20.8 Å². The number of methoxy groups -OCH3 is 2. The molecule has 0 radical (unpaired) electrons. The van der Waals surface area contributed by atoms with Crippen molar-refractivity contribution in [1.29, 1.82) is 0 Å². The lowest BCUT2D eigenvalue weighted by Gasteiger charge is -2.34. The van der Waals surface area contributed by atoms with Gasteiger partial charge in [0.25, 0.3) is 0 Å². The van der Waals surface area contributed by atoms with Crippen molar-refractivity contribution in [1.82, 2.24) is 9.80 Å². The third-order valence-corrected chi connectivity index (χ3v) is 3.70. The molecule has 6 heteroatoms. The number of para-hydroxylation sites is 1. The first-order valence-corrected chi connectivity index (χ1v) is 7.00. The Bertz CT molecular complexity index is 485. The number of piperazine rings is 1. The third kappa shape index (κ3) is 4.09. The van der Waals surface area contributed by atoms with Crippen molar-refractivity contribution in [2.45, 2.75) is 6.54 Å². The maximum Gasteiger partial charge on any atom is 0.317 e. The molecule has 0 spiro atoms. The Hall–Kier alpha value is -1.79. The zero-order valence-electron chi connectivity index (χ0n) is 12.5. The van der Waals surface area contributed by atoms with E-state index < -0.39 is 5.97 Å². The summed E-state index contributed by atoms with van der Waals surface area (Å²) in [4.78, 5) is 15.0. The summed E-state index contributed by atoms with van der Waals surface area (Å²) in [6.45, 7) is 4.16. The van der Waals surface area contributed by atoms with Crippen LogP contribution in [0.3, 0.4) is 0 Å². The first-order valence-electron chi connectivity index (χ1n) is 7.00. The minimum Gasteiger partial charge on any atom is -0.493 e. The average molecular weight is 294 g/mol. The average Bonchev–Trinajstić information content (AvgIpc) is 2.48. The zero-order valence-corrected chi connectivity index (χ0v) is 12.5. The molecule has 0 amide bonds. The van der Waals surface area contributed by atoms with Gasteiger partial charge in [0, 0.05) is 38.3 Å². The highest BCUT2D eigenvalue weighted by Crippen LogP contribution is 2.31. The molecule has 1 heterocycles. The van der Waals surface area contributed by atoms with Crippen LogP contribution < -0.4 is 9.47 Å². The summed E-state index contributed by atoms with van der Waals surface area (Å²) in [5.41, 5.74) is 1.09. The van der Waals surface area contributed by atoms with E-state index in [4.69, 9.17) is 14.6 Å². The second-order valence-electron chi connectivity index (χ2n) is 5.10. The van der Waals surface area contributed by atoms with Crippen molar-refractivity contribution < 1.29 is 19.4 Å². The molecule has 1 saturated heterocycles. The highest BCUT2D eigenvalue weighted by molar-refractivity contribution is 5.69. The molecule has 1 aliphatic heterocycles. The van der Waals surface area contributed by atoms with E-state index in [1.54, 1.807) is 14.2 Å². The molecule has 1 N–H and O–H groups in total. The second-order valence-corrected chi connectivity index (χ2v) is 5.10. The molecule has 6 nitrogen and oxygen atoms in total. The van der Waals surface area contributed by atoms with E-state index in [2.05, 4.69) is 4.90 Å². The predicted octanol–water partition coefficient (Wildman–Crippen LogP) is 0.906. The summed E-state index contributed by atoms with van der Waals surface area (Å²) in [6.07, 6.45) is 0. The number of carboxylic acid groups (broad SMARTS) is 1. The summed E-state index contributed by atoms with van der Waals surface area (Å²) in [6, 6.07) is 5.87. The number of hydrogen-bond donors (Lipinski definition) is 1. The van der Waals surface area contributed by atoms with E-state index >= 15 is 0 Å². The van der Waals surface area contributed by atoms with Gasteiger partial charge in [-0.15, -0.1) is 0 Å². The van der Waals surface area contributed by atoms with Crippen LogP contribution in [-0.4, -0.2) is 67.8 Å². The molecule has 1 aliphatic rings. The number of nitrogens with zero attached hydrogens (tertiary/aromatic N) is 2. The first kappa shape index (κ1) is 15.6. The Labute approximate surface area is 124 Å². The van der Waals surface area contributed by atoms with Crippen LogP contribution in [-0.2, 0) is 11.3 Å². The van der Waals surface area contributed by atoms with Crippen molar-refractivity contribution in [3.8, 4) is 11.5 Å². The highest BCUT2D eigenvalue weighted by Gasteiger charge is 2.20. The van der Waals surface area contributed by atoms with Gasteiger partial charge in [-0.3, -0.25) is 14.6 Å². The maximum absolute atomic E-state index is 10.7. The number of carbonyl (C=O) groups is 1. The van der Waals surface area contributed by atoms with Crippen molar-refractivity contribution in [3.63, 3.8) is 0 Å². The maximum atomic E-state index is 10.7. The number of rotatable bonds is 6. The van der Waals surface area contributed by atoms with Gasteiger partial charge < -0.3 is 14.6 Å². The molecule has 116 valence electrons. The Morgan fingerprint density at radius 2 is 1.81 bits per heavy atom. The number of carboxylic acids is 1. The van der Waals surface area contributed by atoms with E-state index in [1.807, 2.05) is 23.1 Å². The van der Waals surface area contributed by atoms with Crippen LogP contribution in [0.5, 0.6) is 11.5 Å². The minimum atomic E-state index is -0.766. The van der Waals surface area contributed by atoms with Crippen molar-refractivity contribution in [3.05, 3.63) is 23.8 Å². The van der Waals surface area contributed by atoms with E-state index in [0.717, 1.165) is 49.8 Å². The van der Waals surface area contributed by atoms with E-state index in [-0.39, 0.29) is 6.54 Å². The summed E-state index contributed by atoms with van der Waals surface area (Å²) < 4.78 is 10.8. The Kier molecular flexibility index (Phi) is 5.41. The fraction of sp³-hybridized carbons (Fsp3) is 0.533. The van der Waals surface area contributed by atoms with Crippen LogP contribution >= 0.6 is 0 Å². The van der Waals surface area contributed by atoms with Gasteiger partial charge in [-0.05, 0) is 6.07 Å². The lowest BCUT2D eigenvalue weighted by Crippen LogP contribution is -2.47. The smallest absolute Gasteiger partial charge is 0.317 e. The van der Waals surface area contributed by atoms with E-state index in [1.165, 1.54) is 0 Å². The molecule has 21 heavy (non-hydrogen) atoms. The van der Waals surface area contributed by atoms with Gasteiger partial charge in [0.15, 0.2) is 11.5 Å². The highest BCUT2D eigenvalue weighted by atomic mass is 16.5. The summed E-state index contributed by atoms with van der Waals surface area (Å²) in [5.74, 6) is 0.741. The third-order valence-electron chi connectivity index (χ3n) is 3.70. The molecule has 1 aromatic carbocycles. The molecule has 0 saturated carbocycles. The van der Waals surface area contributed by atoms with Gasteiger partial charge in [-0.2, -0.15) is 0 Å². The van der Waals surface area contributed by atoms with Crippen LogP contribution in [0, 0.1) is 0 Å². The molecule has 0 aliphatic carbocycles. The number of ether oxygens (including phenoxy) is 2. The molecule has 0 atom stereocenters. The number of hydrogen-bond acceptors (Lipinski definition) is 5. The standard InChI is InChI=1S/C15H22N2O4/c1-20-13-5-3-4-12(15(13)21-2)10-16-6-8-17(9-7-16)11-14(18)19/h3-5H,6-11H2,1-2H3,(H,18,19). The predicted molar refractivity (Wildman–Crippen MR) is 78.9 cm³/mol. The van der Waals surface area contributed by atoms with Crippen molar-refractivity contribution in [2.24, 2.45) is 0 Å². The molecule has 0 aromatic heterocycles. The van der Waals surface area contributed by atoms with Crippen LogP contribution in [0.25, 0.3) is 0 Å². The fourth-order valence-corrected chi connectivity index (χ4v) is 2.62. The molecule has 0 unspecified atom stereocenters. The first-order chi connectivity index (χ1) is 10.1. The van der Waals surface area contributed by atoms with Gasteiger partial charge in [0.2, 0.25) is 0 Å². The fourth-order valence-electron chi connectivity index (χ4n) is 2.62. The van der Waals surface area contributed by atoms with Crippen molar-refractivity contribution in [2.75, 3.05) is 46.9 Å². The largest absolute Gasteiger partial charge is 0.493 e. The second kappa shape index (κ2) is 7.28. The Morgan fingerprint density at radius 1 is 1.14 bits per heavy atom. The Morgan fingerprint density at radius 3 is 2.38 bits per heavy atom. The summed E-state index contributed by atoms with van der Waals surface area (Å²) in [7, 11) is 3.28. The normalized spacial score (nSPS) is 16.7. The quantitative estimate of drug-likeness (QED) is 0.841. The van der Waals surface area contributed by atoms with Crippen LogP contribution in [0.1, 0.15) is 5.56 Å². The van der Waals surface area contributed by atoms with Crippen LogP contribution in [0.2, 0.25) is 0 Å². The van der Waals surface area contributed by atoms with Gasteiger partial charge in [0.1, 0.15) is 0 Å². The van der Waals surface area contributed by atoms with E-state index in [0.29, 0.717) is 0 Å². The summed E-state index contributed by atoms with van der Waals surface area (Å²) >= 11 is 0. The van der Waals surface area contributed by atoms with Crippen LogP contribution in [0.4, 0.5) is 0 Å². The molecular formula is C15H22N2O4. The SMILES string of the molecule is COc1cccc(CN2CCN(CC(=O)O)CC2)c1OC.